The molecule has 0 bridgehead atoms. The Hall–Kier alpha value is -3.35. The molecule has 7 nitrogen and oxygen atoms in total. The topological polar surface area (TPSA) is 83.7 Å². The van der Waals surface area contributed by atoms with Crippen molar-refractivity contribution in [2.45, 2.75) is 20.0 Å². The number of aromatic nitrogens is 2. The second-order valence-electron chi connectivity index (χ2n) is 5.71. The molecule has 3 aromatic rings. The average molecular weight is 368 g/mol. The second kappa shape index (κ2) is 8.84. The maximum Gasteiger partial charge on any atom is 0.342 e. The van der Waals surface area contributed by atoms with E-state index in [0.29, 0.717) is 23.8 Å². The molecule has 2 aromatic carbocycles. The van der Waals surface area contributed by atoms with Gasteiger partial charge >= 0.3 is 5.97 Å². The van der Waals surface area contributed by atoms with Crippen molar-refractivity contribution >= 4 is 5.97 Å². The van der Waals surface area contributed by atoms with Crippen molar-refractivity contribution in [3.63, 3.8) is 0 Å². The smallest absolute Gasteiger partial charge is 0.342 e. The number of carbonyl (C=O) groups excluding carboxylic acids is 1. The fourth-order valence-corrected chi connectivity index (χ4v) is 2.34. The van der Waals surface area contributed by atoms with Crippen LogP contribution in [0.2, 0.25) is 0 Å². The number of rotatable bonds is 8. The lowest BCUT2D eigenvalue weighted by molar-refractivity contribution is 0.0272. The molecule has 0 N–H and O–H groups in total. The van der Waals surface area contributed by atoms with Gasteiger partial charge in [0.2, 0.25) is 5.89 Å². The van der Waals surface area contributed by atoms with Gasteiger partial charge in [0.15, 0.2) is 6.10 Å². The van der Waals surface area contributed by atoms with Crippen molar-refractivity contribution in [1.29, 1.82) is 0 Å². The van der Waals surface area contributed by atoms with Crippen molar-refractivity contribution in [2.75, 3.05) is 13.2 Å². The first kappa shape index (κ1) is 18.4. The fraction of sp³-hybridized carbons (Fsp3) is 0.250. The maximum absolute atomic E-state index is 12.5. The molecule has 0 saturated carbocycles. The molecule has 0 spiro atoms. The Labute approximate surface area is 156 Å². The number of para-hydroxylation sites is 2. The van der Waals surface area contributed by atoms with E-state index in [9.17, 15) is 4.79 Å². The SMILES string of the molecule is Cc1nnc(C(C)OC(=O)c2ccccc2OCCOc2ccccc2)o1. The Bertz CT molecular complexity index is 879. The summed E-state index contributed by atoms with van der Waals surface area (Å²) in [5.41, 5.74) is 0.320. The average Bonchev–Trinajstić information content (AvgIpc) is 3.13. The van der Waals surface area contributed by atoms with Crippen LogP contribution in [0.15, 0.2) is 59.0 Å². The van der Waals surface area contributed by atoms with E-state index in [1.54, 1.807) is 38.1 Å². The zero-order valence-electron chi connectivity index (χ0n) is 15.1. The van der Waals surface area contributed by atoms with Gasteiger partial charge in [-0.2, -0.15) is 0 Å². The molecule has 3 rings (SSSR count). The van der Waals surface area contributed by atoms with E-state index in [1.165, 1.54) is 0 Å². The van der Waals surface area contributed by atoms with Crippen LogP contribution >= 0.6 is 0 Å². The zero-order chi connectivity index (χ0) is 19.1. The first-order chi connectivity index (χ1) is 13.1. The van der Waals surface area contributed by atoms with Crippen LogP contribution in [0.4, 0.5) is 0 Å². The van der Waals surface area contributed by atoms with Crippen molar-refractivity contribution < 1.29 is 23.4 Å². The van der Waals surface area contributed by atoms with Crippen LogP contribution in [0.1, 0.15) is 35.2 Å². The number of hydrogen-bond donors (Lipinski definition) is 0. The van der Waals surface area contributed by atoms with Crippen molar-refractivity contribution in [3.8, 4) is 11.5 Å². The highest BCUT2D eigenvalue weighted by atomic mass is 16.6. The van der Waals surface area contributed by atoms with Crippen LogP contribution in [-0.4, -0.2) is 29.4 Å². The van der Waals surface area contributed by atoms with E-state index >= 15 is 0 Å². The van der Waals surface area contributed by atoms with Crippen LogP contribution in [0, 0.1) is 6.92 Å². The summed E-state index contributed by atoms with van der Waals surface area (Å²) in [4.78, 5) is 12.5. The molecule has 7 heteroatoms. The molecule has 1 heterocycles. The summed E-state index contributed by atoms with van der Waals surface area (Å²) in [6.07, 6.45) is -0.659. The van der Waals surface area contributed by atoms with Crippen LogP contribution in [0.5, 0.6) is 11.5 Å². The molecule has 0 aliphatic heterocycles. The Balaban J connectivity index is 1.57. The van der Waals surface area contributed by atoms with Gasteiger partial charge in [0, 0.05) is 6.92 Å². The van der Waals surface area contributed by atoms with Crippen LogP contribution in [0.25, 0.3) is 0 Å². The number of aryl methyl sites for hydroxylation is 1. The summed E-state index contributed by atoms with van der Waals surface area (Å²) < 4.78 is 22.0. The first-order valence-electron chi connectivity index (χ1n) is 8.54. The third-order valence-electron chi connectivity index (χ3n) is 3.63. The number of benzene rings is 2. The molecule has 0 saturated heterocycles. The molecule has 0 amide bonds. The molecule has 0 radical (unpaired) electrons. The summed E-state index contributed by atoms with van der Waals surface area (Å²) in [5, 5.41) is 7.60. The third kappa shape index (κ3) is 5.07. The highest BCUT2D eigenvalue weighted by Gasteiger charge is 2.21. The molecule has 1 aromatic heterocycles. The lowest BCUT2D eigenvalue weighted by Gasteiger charge is -2.13. The van der Waals surface area contributed by atoms with Gasteiger partial charge in [0.1, 0.15) is 30.3 Å². The van der Waals surface area contributed by atoms with Crippen molar-refractivity contribution in [2.24, 2.45) is 0 Å². The van der Waals surface area contributed by atoms with Crippen LogP contribution in [0.3, 0.4) is 0 Å². The number of ether oxygens (including phenoxy) is 3. The highest BCUT2D eigenvalue weighted by molar-refractivity contribution is 5.92. The molecule has 1 unspecified atom stereocenters. The van der Waals surface area contributed by atoms with Gasteiger partial charge in [-0.15, -0.1) is 10.2 Å². The van der Waals surface area contributed by atoms with E-state index in [4.69, 9.17) is 18.6 Å². The molecule has 140 valence electrons. The van der Waals surface area contributed by atoms with Gasteiger partial charge in [-0.1, -0.05) is 30.3 Å². The Morgan fingerprint density at radius 2 is 1.70 bits per heavy atom. The van der Waals surface area contributed by atoms with E-state index in [-0.39, 0.29) is 12.5 Å². The maximum atomic E-state index is 12.5. The first-order valence-corrected chi connectivity index (χ1v) is 8.54. The predicted molar refractivity (Wildman–Crippen MR) is 96.7 cm³/mol. The van der Waals surface area contributed by atoms with Crippen LogP contribution in [-0.2, 0) is 4.74 Å². The van der Waals surface area contributed by atoms with Gasteiger partial charge < -0.3 is 18.6 Å². The monoisotopic (exact) mass is 368 g/mol. The second-order valence-corrected chi connectivity index (χ2v) is 5.71. The summed E-state index contributed by atoms with van der Waals surface area (Å²) in [5.74, 6) is 1.31. The van der Waals surface area contributed by atoms with Gasteiger partial charge in [0.25, 0.3) is 5.89 Å². The largest absolute Gasteiger partial charge is 0.490 e. The Kier molecular flexibility index (Phi) is 6.04. The predicted octanol–water partition coefficient (Wildman–Crippen LogP) is 3.75. The number of carbonyl (C=O) groups is 1. The van der Waals surface area contributed by atoms with Gasteiger partial charge in [-0.3, -0.25) is 0 Å². The third-order valence-corrected chi connectivity index (χ3v) is 3.63. The normalized spacial score (nSPS) is 11.6. The minimum absolute atomic E-state index is 0.246. The number of esters is 1. The molecule has 0 aliphatic rings. The molecular formula is C20H20N2O5. The van der Waals surface area contributed by atoms with Crippen molar-refractivity contribution in [1.82, 2.24) is 10.2 Å². The lowest BCUT2D eigenvalue weighted by Crippen LogP contribution is -2.14. The zero-order valence-corrected chi connectivity index (χ0v) is 15.1. The highest BCUT2D eigenvalue weighted by Crippen LogP contribution is 2.23. The molecule has 1 atom stereocenters. The van der Waals surface area contributed by atoms with Crippen LogP contribution < -0.4 is 9.47 Å². The minimum atomic E-state index is -0.659. The fourth-order valence-electron chi connectivity index (χ4n) is 2.34. The van der Waals surface area contributed by atoms with Gasteiger partial charge in [0.05, 0.1) is 0 Å². The summed E-state index contributed by atoms with van der Waals surface area (Å²) in [7, 11) is 0. The summed E-state index contributed by atoms with van der Waals surface area (Å²) in [6.45, 7) is 3.98. The van der Waals surface area contributed by atoms with Gasteiger partial charge in [-0.05, 0) is 31.2 Å². The quantitative estimate of drug-likeness (QED) is 0.442. The van der Waals surface area contributed by atoms with E-state index in [0.717, 1.165) is 5.75 Å². The van der Waals surface area contributed by atoms with E-state index < -0.39 is 12.1 Å². The Morgan fingerprint density at radius 3 is 2.44 bits per heavy atom. The van der Waals surface area contributed by atoms with Crippen molar-refractivity contribution in [3.05, 3.63) is 71.9 Å². The molecule has 0 aliphatic carbocycles. The van der Waals surface area contributed by atoms with E-state index in [2.05, 4.69) is 10.2 Å². The number of nitrogens with zero attached hydrogens (tertiary/aromatic N) is 2. The Morgan fingerprint density at radius 1 is 1.00 bits per heavy atom. The molecule has 27 heavy (non-hydrogen) atoms. The molecule has 0 fully saturated rings. The van der Waals surface area contributed by atoms with Gasteiger partial charge in [-0.25, -0.2) is 4.79 Å². The number of hydrogen-bond acceptors (Lipinski definition) is 7. The standard InChI is InChI=1S/C20H20N2O5/c1-14(19-22-21-15(2)27-19)26-20(23)17-10-6-7-11-18(17)25-13-12-24-16-8-4-3-5-9-16/h3-11,14H,12-13H2,1-2H3. The minimum Gasteiger partial charge on any atom is -0.490 e. The summed E-state index contributed by atoms with van der Waals surface area (Å²) in [6, 6.07) is 16.3. The summed E-state index contributed by atoms with van der Waals surface area (Å²) >= 11 is 0. The lowest BCUT2D eigenvalue weighted by atomic mass is 10.2. The molecular weight excluding hydrogens is 348 g/mol. The van der Waals surface area contributed by atoms with E-state index in [1.807, 2.05) is 30.3 Å².